The number of aromatic nitrogens is 4. The maximum atomic E-state index is 13.7. The van der Waals surface area contributed by atoms with Gasteiger partial charge in [0.05, 0.1) is 17.4 Å². The second kappa shape index (κ2) is 11.0. The summed E-state index contributed by atoms with van der Waals surface area (Å²) < 4.78 is 13.7. The van der Waals surface area contributed by atoms with Gasteiger partial charge in [-0.2, -0.15) is 4.39 Å². The number of nitrogen functional groups attached to an aromatic ring is 1. The van der Waals surface area contributed by atoms with Gasteiger partial charge in [-0.3, -0.25) is 10.4 Å². The largest absolute Gasteiger partial charge is 0.398 e. The Balaban J connectivity index is 1.25. The first-order chi connectivity index (χ1) is 19.4. The normalized spacial score (nSPS) is 13.9. The quantitative estimate of drug-likeness (QED) is 0.115. The number of H-pyrrole nitrogens is 1. The fraction of sp³-hybridized carbons (Fsp3) is 0.200. The van der Waals surface area contributed by atoms with Crippen molar-refractivity contribution in [2.75, 3.05) is 24.1 Å². The molecule has 0 atom stereocenters. The van der Waals surface area contributed by atoms with Crippen molar-refractivity contribution < 1.29 is 4.39 Å². The molecule has 0 saturated carbocycles. The van der Waals surface area contributed by atoms with Gasteiger partial charge in [0.1, 0.15) is 5.71 Å². The number of thiophene rings is 1. The molecule has 0 amide bonds. The van der Waals surface area contributed by atoms with Crippen LogP contribution in [0.1, 0.15) is 30.7 Å². The van der Waals surface area contributed by atoms with Gasteiger partial charge < -0.3 is 21.4 Å². The highest BCUT2D eigenvalue weighted by atomic mass is 32.1. The van der Waals surface area contributed by atoms with Crippen LogP contribution < -0.4 is 16.4 Å². The molecule has 6 rings (SSSR count). The number of hydrogen-bond acceptors (Lipinski definition) is 8. The number of nitrogens with one attached hydrogen (secondary N) is 4. The number of fused-ring (bicyclic) bond motifs is 1. The average molecular weight is 553 g/mol. The van der Waals surface area contributed by atoms with Crippen LogP contribution in [0.3, 0.4) is 0 Å². The molecule has 1 aliphatic heterocycles. The molecule has 0 aliphatic carbocycles. The minimum Gasteiger partial charge on any atom is -0.398 e. The standard InChI is InChI=1S/C30H29FN8S/c1-17(12-18-6-9-34-10-7-18)37-21-13-20(15-35-16-21)19-2-3-24(32)23(14-19)27(33)29-38-28-22(8-11-36-30(28)39-29)25-4-5-26(31)40-25/h2-5,8,11,13-16,18,33-34,37H,1,6-7,9-10,12,32H2,(H,36,38,39). The lowest BCUT2D eigenvalue weighted by Crippen LogP contribution is -2.28. The van der Waals surface area contributed by atoms with Crippen molar-refractivity contribution in [3.05, 3.63) is 89.8 Å². The Hall–Kier alpha value is -4.41. The summed E-state index contributed by atoms with van der Waals surface area (Å²) in [4.78, 5) is 17.3. The molecule has 5 aromatic rings. The SMILES string of the molecule is C=C(CC1CCNCC1)Nc1cncc(-c2ccc(N)c(C(=N)c3nc4nccc(-c5ccc(F)s5)c4[nH]3)c2)c1. The predicted octanol–water partition coefficient (Wildman–Crippen LogP) is 6.20. The topological polar surface area (TPSA) is 128 Å². The molecule has 202 valence electrons. The second-order valence-electron chi connectivity index (χ2n) is 10.0. The number of anilines is 2. The summed E-state index contributed by atoms with van der Waals surface area (Å²) in [5.74, 6) is 0.970. The number of nitrogens with two attached hydrogens (primary N) is 1. The van der Waals surface area contributed by atoms with E-state index in [1.54, 1.807) is 30.7 Å². The first-order valence-electron chi connectivity index (χ1n) is 13.1. The van der Waals surface area contributed by atoms with Crippen LogP contribution in [0.15, 0.2) is 73.3 Å². The monoisotopic (exact) mass is 552 g/mol. The maximum absolute atomic E-state index is 13.7. The lowest BCUT2D eigenvalue weighted by Gasteiger charge is -2.23. The number of rotatable bonds is 8. The van der Waals surface area contributed by atoms with E-state index in [2.05, 4.69) is 37.1 Å². The van der Waals surface area contributed by atoms with Crippen LogP contribution in [-0.4, -0.2) is 38.7 Å². The van der Waals surface area contributed by atoms with E-state index in [0.29, 0.717) is 34.2 Å². The third-order valence-corrected chi connectivity index (χ3v) is 8.08. The molecule has 1 saturated heterocycles. The number of nitrogens with zero attached hydrogens (tertiary/aromatic N) is 3. The molecule has 5 heterocycles. The summed E-state index contributed by atoms with van der Waals surface area (Å²) in [5, 5.41) is 15.5. The van der Waals surface area contributed by atoms with Gasteiger partial charge in [0.25, 0.3) is 0 Å². The van der Waals surface area contributed by atoms with E-state index in [1.807, 2.05) is 24.3 Å². The van der Waals surface area contributed by atoms with Gasteiger partial charge in [-0.15, -0.1) is 11.3 Å². The number of piperidine rings is 1. The molecule has 0 bridgehead atoms. The maximum Gasteiger partial charge on any atom is 0.178 e. The Morgan fingerprint density at radius 2 is 1.98 bits per heavy atom. The minimum absolute atomic E-state index is 0.137. The number of allylic oxidation sites excluding steroid dienone is 1. The summed E-state index contributed by atoms with van der Waals surface area (Å²) in [7, 11) is 0. The van der Waals surface area contributed by atoms with Crippen molar-refractivity contribution in [3.8, 4) is 21.6 Å². The highest BCUT2D eigenvalue weighted by molar-refractivity contribution is 7.14. The number of hydrogen-bond donors (Lipinski definition) is 5. The van der Waals surface area contributed by atoms with Crippen LogP contribution in [0, 0.1) is 16.5 Å². The Kier molecular flexibility index (Phi) is 7.10. The third kappa shape index (κ3) is 5.36. The molecule has 0 radical (unpaired) electrons. The van der Waals surface area contributed by atoms with Crippen molar-refractivity contribution in [1.82, 2.24) is 25.3 Å². The highest BCUT2D eigenvalue weighted by Crippen LogP contribution is 2.32. The first-order valence-corrected chi connectivity index (χ1v) is 14.0. The van der Waals surface area contributed by atoms with Crippen LogP contribution >= 0.6 is 11.3 Å². The number of halogens is 1. The van der Waals surface area contributed by atoms with Crippen molar-refractivity contribution >= 4 is 39.6 Å². The molecule has 8 nitrogen and oxygen atoms in total. The molecular weight excluding hydrogens is 523 g/mol. The molecule has 1 aromatic carbocycles. The summed E-state index contributed by atoms with van der Waals surface area (Å²) in [6, 6.07) is 12.6. The van der Waals surface area contributed by atoms with Crippen molar-refractivity contribution in [3.63, 3.8) is 0 Å². The Labute approximate surface area is 235 Å². The van der Waals surface area contributed by atoms with Gasteiger partial charge in [-0.25, -0.2) is 9.97 Å². The molecule has 40 heavy (non-hydrogen) atoms. The van der Waals surface area contributed by atoms with Gasteiger partial charge in [0.2, 0.25) is 0 Å². The highest BCUT2D eigenvalue weighted by Gasteiger charge is 2.18. The zero-order valence-electron chi connectivity index (χ0n) is 21.8. The van der Waals surface area contributed by atoms with Crippen LogP contribution in [-0.2, 0) is 0 Å². The van der Waals surface area contributed by atoms with Gasteiger partial charge >= 0.3 is 0 Å². The van der Waals surface area contributed by atoms with Gasteiger partial charge in [-0.1, -0.05) is 12.6 Å². The van der Waals surface area contributed by atoms with E-state index in [-0.39, 0.29) is 10.8 Å². The Morgan fingerprint density at radius 3 is 2.77 bits per heavy atom. The van der Waals surface area contributed by atoms with E-state index in [4.69, 9.17) is 11.1 Å². The number of pyridine rings is 2. The molecule has 0 unspecified atom stereocenters. The van der Waals surface area contributed by atoms with Gasteiger partial charge in [0, 0.05) is 45.3 Å². The fourth-order valence-corrected chi connectivity index (χ4v) is 5.89. The van der Waals surface area contributed by atoms with Gasteiger partial charge in [-0.05, 0) is 80.2 Å². The molecular formula is C30H29FN8S. The fourth-order valence-electron chi connectivity index (χ4n) is 5.13. The van der Waals surface area contributed by atoms with Crippen LogP contribution in [0.2, 0.25) is 0 Å². The summed E-state index contributed by atoms with van der Waals surface area (Å²) in [6.07, 6.45) is 8.47. The Morgan fingerprint density at radius 1 is 1.12 bits per heavy atom. The first kappa shape index (κ1) is 25.8. The van der Waals surface area contributed by atoms with Crippen molar-refractivity contribution in [1.29, 1.82) is 5.41 Å². The molecule has 1 fully saturated rings. The van der Waals surface area contributed by atoms with Gasteiger partial charge in [0.15, 0.2) is 16.6 Å². The average Bonchev–Trinajstić information content (AvgIpc) is 3.60. The van der Waals surface area contributed by atoms with E-state index in [0.717, 1.165) is 76.6 Å². The summed E-state index contributed by atoms with van der Waals surface area (Å²) in [6.45, 7) is 6.35. The summed E-state index contributed by atoms with van der Waals surface area (Å²) in [5.41, 5.74) is 12.9. The summed E-state index contributed by atoms with van der Waals surface area (Å²) >= 11 is 1.05. The smallest absolute Gasteiger partial charge is 0.178 e. The number of benzene rings is 1. The van der Waals surface area contributed by atoms with Crippen LogP contribution in [0.25, 0.3) is 32.7 Å². The van der Waals surface area contributed by atoms with Crippen molar-refractivity contribution in [2.24, 2.45) is 5.92 Å². The van der Waals surface area contributed by atoms with E-state index in [1.165, 1.54) is 6.07 Å². The Bertz CT molecular complexity index is 1720. The number of aromatic amines is 1. The minimum atomic E-state index is -0.267. The lowest BCUT2D eigenvalue weighted by molar-refractivity contribution is 0.373. The van der Waals surface area contributed by atoms with Crippen LogP contribution in [0.4, 0.5) is 15.8 Å². The molecule has 6 N–H and O–H groups in total. The second-order valence-corrected chi connectivity index (χ2v) is 11.0. The van der Waals surface area contributed by atoms with E-state index in [9.17, 15) is 4.39 Å². The molecule has 1 aliphatic rings. The molecule has 0 spiro atoms. The van der Waals surface area contributed by atoms with E-state index < -0.39 is 0 Å². The predicted molar refractivity (Wildman–Crippen MR) is 160 cm³/mol. The van der Waals surface area contributed by atoms with Crippen molar-refractivity contribution in [2.45, 2.75) is 19.3 Å². The van der Waals surface area contributed by atoms with Crippen LogP contribution in [0.5, 0.6) is 0 Å². The zero-order valence-corrected chi connectivity index (χ0v) is 22.6. The van der Waals surface area contributed by atoms with E-state index >= 15 is 0 Å². The number of imidazole rings is 1. The molecule has 4 aromatic heterocycles. The zero-order chi connectivity index (χ0) is 27.6. The third-order valence-electron chi connectivity index (χ3n) is 7.18. The lowest BCUT2D eigenvalue weighted by atomic mass is 9.93. The molecule has 10 heteroatoms.